The van der Waals surface area contributed by atoms with Crippen LogP contribution in [0.1, 0.15) is 48.7 Å². The van der Waals surface area contributed by atoms with Crippen LogP contribution in [0.15, 0.2) is 24.5 Å². The van der Waals surface area contributed by atoms with Gasteiger partial charge in [0.25, 0.3) is 17.5 Å². The van der Waals surface area contributed by atoms with E-state index in [1.54, 1.807) is 40.9 Å². The molecule has 174 valence electrons. The Morgan fingerprint density at radius 3 is 2.25 bits per heavy atom. The first-order chi connectivity index (χ1) is 14.8. The molecule has 0 saturated carbocycles. The van der Waals surface area contributed by atoms with Crippen LogP contribution in [0.4, 0.5) is 16.2 Å². The van der Waals surface area contributed by atoms with Crippen LogP contribution in [-0.2, 0) is 18.8 Å². The number of anilines is 1. The molecule has 0 aromatic carbocycles. The normalized spacial score (nSPS) is 12.1. The Kier molecular flexibility index (Phi) is 7.28. The molecule has 0 saturated heterocycles. The molecule has 0 aliphatic heterocycles. The van der Waals surface area contributed by atoms with Crippen LogP contribution in [0.5, 0.6) is 0 Å². The Bertz CT molecular complexity index is 1030. The molecule has 2 heterocycles. The highest BCUT2D eigenvalue weighted by Crippen LogP contribution is 2.18. The molecular weight excluding hydrogens is 420 g/mol. The standard InChI is InChI=1S/C20H28N6O6/c1-12(9-21-19(29)32-20(2,3)4)22-17(27)15-7-13(10-24(15)5)23-18(28)16-8-14(26(30)31)11-25(16)6/h7-8,10-12H,9H2,1-6H3,(H,21,29)(H,22,27)(H,23,28). The lowest BCUT2D eigenvalue weighted by molar-refractivity contribution is -0.384. The molecule has 0 aliphatic rings. The van der Waals surface area contributed by atoms with E-state index in [-0.39, 0.29) is 29.7 Å². The predicted molar refractivity (Wildman–Crippen MR) is 117 cm³/mol. The topological polar surface area (TPSA) is 150 Å². The number of aryl methyl sites for hydroxylation is 2. The van der Waals surface area contributed by atoms with E-state index in [9.17, 15) is 24.5 Å². The van der Waals surface area contributed by atoms with E-state index in [4.69, 9.17) is 4.74 Å². The fourth-order valence-corrected chi connectivity index (χ4v) is 2.83. The van der Waals surface area contributed by atoms with Gasteiger partial charge in [-0.3, -0.25) is 19.7 Å². The van der Waals surface area contributed by atoms with Crippen molar-refractivity contribution in [3.8, 4) is 0 Å². The van der Waals surface area contributed by atoms with Crippen molar-refractivity contribution in [2.45, 2.75) is 39.3 Å². The van der Waals surface area contributed by atoms with Crippen LogP contribution < -0.4 is 16.0 Å². The van der Waals surface area contributed by atoms with Crippen molar-refractivity contribution in [2.24, 2.45) is 14.1 Å². The van der Waals surface area contributed by atoms with Gasteiger partial charge in [0, 0.05) is 38.9 Å². The third-order valence-corrected chi connectivity index (χ3v) is 4.26. The summed E-state index contributed by atoms with van der Waals surface area (Å²) in [6, 6.07) is 2.27. The Balaban J connectivity index is 1.97. The maximum Gasteiger partial charge on any atom is 0.407 e. The number of carbonyl (C=O) groups excluding carboxylic acids is 3. The van der Waals surface area contributed by atoms with Gasteiger partial charge in [-0.05, 0) is 33.8 Å². The number of hydrogen-bond acceptors (Lipinski definition) is 6. The summed E-state index contributed by atoms with van der Waals surface area (Å²) in [5, 5.41) is 18.9. The average molecular weight is 448 g/mol. The largest absolute Gasteiger partial charge is 0.444 e. The fraction of sp³-hybridized carbons (Fsp3) is 0.450. The number of aromatic nitrogens is 2. The number of hydrogen-bond donors (Lipinski definition) is 3. The fourth-order valence-electron chi connectivity index (χ4n) is 2.83. The second kappa shape index (κ2) is 9.54. The third-order valence-electron chi connectivity index (χ3n) is 4.26. The minimum absolute atomic E-state index is 0.105. The first-order valence-corrected chi connectivity index (χ1v) is 9.83. The number of ether oxygens (including phenoxy) is 1. The molecule has 1 atom stereocenters. The number of amides is 3. The summed E-state index contributed by atoms with van der Waals surface area (Å²) in [6.07, 6.45) is 2.21. The van der Waals surface area contributed by atoms with E-state index in [1.807, 2.05) is 0 Å². The van der Waals surface area contributed by atoms with Crippen LogP contribution >= 0.6 is 0 Å². The molecule has 0 fully saturated rings. The molecule has 32 heavy (non-hydrogen) atoms. The first kappa shape index (κ1) is 24.4. The van der Waals surface area contributed by atoms with Crippen molar-refractivity contribution in [1.29, 1.82) is 0 Å². The summed E-state index contributed by atoms with van der Waals surface area (Å²) in [7, 11) is 3.17. The van der Waals surface area contributed by atoms with Crippen LogP contribution in [0, 0.1) is 10.1 Å². The van der Waals surface area contributed by atoms with Crippen molar-refractivity contribution in [1.82, 2.24) is 19.8 Å². The summed E-state index contributed by atoms with van der Waals surface area (Å²) >= 11 is 0. The van der Waals surface area contributed by atoms with E-state index < -0.39 is 28.4 Å². The van der Waals surface area contributed by atoms with Gasteiger partial charge in [0.15, 0.2) is 0 Å². The lowest BCUT2D eigenvalue weighted by Gasteiger charge is -2.21. The Hall–Kier alpha value is -3.83. The number of rotatable bonds is 7. The van der Waals surface area contributed by atoms with Gasteiger partial charge in [-0.25, -0.2) is 4.79 Å². The molecular formula is C20H28N6O6. The van der Waals surface area contributed by atoms with Crippen LogP contribution in [-0.4, -0.2) is 50.2 Å². The number of nitrogens with zero attached hydrogens (tertiary/aromatic N) is 3. The van der Waals surface area contributed by atoms with Gasteiger partial charge in [0.1, 0.15) is 17.0 Å². The van der Waals surface area contributed by atoms with Gasteiger partial charge >= 0.3 is 6.09 Å². The number of carbonyl (C=O) groups is 3. The molecule has 0 radical (unpaired) electrons. The molecule has 1 unspecified atom stereocenters. The van der Waals surface area contributed by atoms with E-state index in [2.05, 4.69) is 16.0 Å². The van der Waals surface area contributed by atoms with E-state index in [0.29, 0.717) is 5.69 Å². The third kappa shape index (κ3) is 6.59. The summed E-state index contributed by atoms with van der Waals surface area (Å²) in [6.45, 7) is 7.15. The summed E-state index contributed by atoms with van der Waals surface area (Å²) in [5.74, 6) is -0.950. The minimum atomic E-state index is -0.620. The molecule has 2 rings (SSSR count). The van der Waals surface area contributed by atoms with Crippen molar-refractivity contribution < 1.29 is 24.0 Å². The molecule has 12 nitrogen and oxygen atoms in total. The Labute approximate surface area is 185 Å². The van der Waals surface area contributed by atoms with Gasteiger partial charge in [0.2, 0.25) is 0 Å². The lowest BCUT2D eigenvalue weighted by Crippen LogP contribution is -2.43. The number of alkyl carbamates (subject to hydrolysis) is 1. The Morgan fingerprint density at radius 1 is 1.09 bits per heavy atom. The van der Waals surface area contributed by atoms with Gasteiger partial charge in [0.05, 0.1) is 16.8 Å². The van der Waals surface area contributed by atoms with Gasteiger partial charge in [-0.15, -0.1) is 0 Å². The maximum absolute atomic E-state index is 12.6. The highest BCUT2D eigenvalue weighted by Gasteiger charge is 2.21. The first-order valence-electron chi connectivity index (χ1n) is 9.83. The zero-order valence-corrected chi connectivity index (χ0v) is 18.9. The van der Waals surface area contributed by atoms with E-state index in [1.165, 1.54) is 34.5 Å². The molecule has 0 bridgehead atoms. The highest BCUT2D eigenvalue weighted by atomic mass is 16.6. The summed E-state index contributed by atoms with van der Waals surface area (Å²) in [4.78, 5) is 47.1. The maximum atomic E-state index is 12.6. The van der Waals surface area contributed by atoms with Crippen molar-refractivity contribution in [3.63, 3.8) is 0 Å². The molecule has 2 aromatic rings. The van der Waals surface area contributed by atoms with Crippen LogP contribution in [0.2, 0.25) is 0 Å². The Morgan fingerprint density at radius 2 is 1.69 bits per heavy atom. The lowest BCUT2D eigenvalue weighted by atomic mass is 10.2. The molecule has 3 amide bonds. The van der Waals surface area contributed by atoms with Crippen molar-refractivity contribution in [3.05, 3.63) is 46.0 Å². The second-order valence-corrected chi connectivity index (χ2v) is 8.39. The minimum Gasteiger partial charge on any atom is -0.444 e. The summed E-state index contributed by atoms with van der Waals surface area (Å²) < 4.78 is 8.04. The number of nitrogens with one attached hydrogen (secondary N) is 3. The van der Waals surface area contributed by atoms with Gasteiger partial charge < -0.3 is 29.8 Å². The van der Waals surface area contributed by atoms with Gasteiger partial charge in [-0.2, -0.15) is 0 Å². The van der Waals surface area contributed by atoms with Crippen LogP contribution in [0.25, 0.3) is 0 Å². The predicted octanol–water partition coefficient (Wildman–Crippen LogP) is 2.17. The zero-order chi connectivity index (χ0) is 24.2. The number of nitro groups is 1. The van der Waals surface area contributed by atoms with Crippen LogP contribution in [0.3, 0.4) is 0 Å². The highest BCUT2D eigenvalue weighted by molar-refractivity contribution is 6.04. The molecule has 2 aromatic heterocycles. The van der Waals surface area contributed by atoms with Crippen molar-refractivity contribution >= 4 is 29.3 Å². The smallest absolute Gasteiger partial charge is 0.407 e. The molecule has 0 spiro atoms. The molecule has 0 aliphatic carbocycles. The van der Waals surface area contributed by atoms with Gasteiger partial charge in [-0.1, -0.05) is 0 Å². The SMILES string of the molecule is CC(CNC(=O)OC(C)(C)C)NC(=O)c1cc(NC(=O)c2cc([N+](=O)[O-])cn2C)cn1C. The van der Waals surface area contributed by atoms with E-state index >= 15 is 0 Å². The average Bonchev–Trinajstić information content (AvgIpc) is 3.21. The summed E-state index contributed by atoms with van der Waals surface area (Å²) in [5.41, 5.74) is -0.0772. The van der Waals surface area contributed by atoms with E-state index in [0.717, 1.165) is 0 Å². The molecule has 3 N–H and O–H groups in total. The molecule has 12 heteroatoms. The van der Waals surface area contributed by atoms with Crippen molar-refractivity contribution in [2.75, 3.05) is 11.9 Å². The zero-order valence-electron chi connectivity index (χ0n) is 18.9. The quantitative estimate of drug-likeness (QED) is 0.436. The monoisotopic (exact) mass is 448 g/mol. The second-order valence-electron chi connectivity index (χ2n) is 8.39.